The molecule has 13 nitrogen and oxygen atoms in total. The van der Waals surface area contributed by atoms with E-state index in [-0.39, 0.29) is 67.0 Å². The second kappa shape index (κ2) is 13.8. The molecule has 3 aromatic carbocycles. The van der Waals surface area contributed by atoms with Crippen molar-refractivity contribution < 1.29 is 58.6 Å². The van der Waals surface area contributed by atoms with Crippen LogP contribution in [0.4, 0.5) is 0 Å². The molecule has 1 aliphatic heterocycles. The molecule has 6 atom stereocenters. The standard InChI is InChI=1S/C36H37NO12Se/c1-16-31(40)22(37-25(39)15-50-19-10-8-18(46-3)9-11-19)12-26(48-16)49-24-14-36(45,17(2)38)13-21-28(24)35(44)30-29(33(21)42)32(41)20-6-5-7-23(47-4)27(20)34(30)43/h5-11,16,22,24,26,31,40,42,44-45H,12-15H2,1-4H3,(H,37,39)/t16-,22-,24-,26-,31-,36-/m0/s1. The van der Waals surface area contributed by atoms with E-state index in [1.165, 1.54) is 32.2 Å². The van der Waals surface area contributed by atoms with Crippen LogP contribution in [0.15, 0.2) is 42.5 Å². The van der Waals surface area contributed by atoms with Gasteiger partial charge in [-0.3, -0.25) is 9.59 Å². The molecular weight excluding hydrogens is 717 g/mol. The number of benzene rings is 3. The van der Waals surface area contributed by atoms with Gasteiger partial charge in [0.2, 0.25) is 0 Å². The second-order valence-electron chi connectivity index (χ2n) is 12.6. The van der Waals surface area contributed by atoms with Gasteiger partial charge in [-0.15, -0.1) is 0 Å². The summed E-state index contributed by atoms with van der Waals surface area (Å²) >= 11 is -0.195. The first-order chi connectivity index (χ1) is 23.8. The Morgan fingerprint density at radius 3 is 2.36 bits per heavy atom. The van der Waals surface area contributed by atoms with Gasteiger partial charge in [0.25, 0.3) is 0 Å². The van der Waals surface area contributed by atoms with Crippen LogP contribution in [0.1, 0.15) is 75.8 Å². The van der Waals surface area contributed by atoms with Crippen LogP contribution in [-0.2, 0) is 25.5 Å². The summed E-state index contributed by atoms with van der Waals surface area (Å²) in [4.78, 5) is 53.3. The molecule has 1 saturated heterocycles. The molecule has 0 bridgehead atoms. The molecular formula is C36H37NO12Se. The number of Topliss-reactive ketones (excluding diaryl/α,β-unsaturated/α-hetero) is 1. The number of fused-ring (bicyclic) bond motifs is 3. The van der Waals surface area contributed by atoms with E-state index in [2.05, 4.69) is 5.32 Å². The van der Waals surface area contributed by atoms with E-state index in [1.807, 2.05) is 24.3 Å². The number of carbonyl (C=O) groups is 4. The zero-order valence-corrected chi connectivity index (χ0v) is 29.4. The molecule has 0 unspecified atom stereocenters. The second-order valence-corrected chi connectivity index (χ2v) is 14.8. The van der Waals surface area contributed by atoms with Crippen LogP contribution in [0.2, 0.25) is 5.32 Å². The molecule has 3 aromatic rings. The summed E-state index contributed by atoms with van der Waals surface area (Å²) in [5, 5.41) is 48.7. The van der Waals surface area contributed by atoms with E-state index in [0.717, 1.165) is 4.46 Å². The third-order valence-electron chi connectivity index (χ3n) is 9.53. The summed E-state index contributed by atoms with van der Waals surface area (Å²) in [6, 6.07) is 11.0. The summed E-state index contributed by atoms with van der Waals surface area (Å²) < 4.78 is 23.7. The SMILES string of the molecule is COc1ccc([Se]CC(=O)N[C@H]2C[C@H](O[C@H]3C[C@](O)(C(C)=O)Cc4c(O)c5c(c(O)c43)C(=O)c3c(OC)cccc3C5=O)O[C@@H](C)[C@@H]2O)cc1. The van der Waals surface area contributed by atoms with E-state index < -0.39 is 82.6 Å². The molecule has 0 radical (unpaired) electrons. The number of amides is 1. The van der Waals surface area contributed by atoms with Gasteiger partial charge in [-0.05, 0) is 6.07 Å². The number of nitrogens with one attached hydrogen (secondary N) is 1. The van der Waals surface area contributed by atoms with E-state index in [0.29, 0.717) is 5.75 Å². The number of rotatable bonds is 9. The fraction of sp³-hybridized carbons (Fsp3) is 0.389. The predicted octanol–water partition coefficient (Wildman–Crippen LogP) is 1.64. The monoisotopic (exact) mass is 755 g/mol. The number of ketones is 3. The van der Waals surface area contributed by atoms with Crippen LogP contribution in [0.3, 0.4) is 0 Å². The van der Waals surface area contributed by atoms with Crippen LogP contribution < -0.4 is 19.3 Å². The quantitative estimate of drug-likeness (QED) is 0.123. The van der Waals surface area contributed by atoms with E-state index in [1.54, 1.807) is 14.0 Å². The molecule has 0 aromatic heterocycles. The Bertz CT molecular complexity index is 1880. The van der Waals surface area contributed by atoms with E-state index in [4.69, 9.17) is 18.9 Å². The predicted molar refractivity (Wildman–Crippen MR) is 177 cm³/mol. The number of aliphatic hydroxyl groups is 2. The molecule has 50 heavy (non-hydrogen) atoms. The third kappa shape index (κ3) is 6.27. The summed E-state index contributed by atoms with van der Waals surface area (Å²) in [7, 11) is 2.90. The molecule has 0 spiro atoms. The number of ether oxygens (including phenoxy) is 4. The van der Waals surface area contributed by atoms with Gasteiger partial charge in [0.05, 0.1) is 12.7 Å². The summed E-state index contributed by atoms with van der Waals surface area (Å²) in [5.74, 6) is -2.96. The van der Waals surface area contributed by atoms with Crippen molar-refractivity contribution in [3.8, 4) is 23.0 Å². The number of phenols is 2. The Kier molecular flexibility index (Phi) is 9.79. The molecule has 14 heteroatoms. The molecule has 0 saturated carbocycles. The first-order valence-corrected chi connectivity index (χ1v) is 18.0. The number of phenolic OH excluding ortho intramolecular Hbond substituents is 2. The molecule has 5 N–H and O–H groups in total. The Morgan fingerprint density at radius 1 is 1.00 bits per heavy atom. The Hall–Kier alpha value is -4.30. The molecule has 3 aliphatic rings. The van der Waals surface area contributed by atoms with Gasteiger partial charge in [-0.1, -0.05) is 12.1 Å². The Balaban J connectivity index is 1.30. The van der Waals surface area contributed by atoms with Gasteiger partial charge >= 0.3 is 232 Å². The maximum atomic E-state index is 13.9. The number of carbonyl (C=O) groups excluding carboxylic acids is 4. The summed E-state index contributed by atoms with van der Waals surface area (Å²) in [5.41, 5.74) is -3.32. The van der Waals surface area contributed by atoms with Crippen LogP contribution in [0, 0.1) is 0 Å². The first-order valence-electron chi connectivity index (χ1n) is 15.9. The summed E-state index contributed by atoms with van der Waals surface area (Å²) in [6.07, 6.45) is -5.27. The molecule has 1 fully saturated rings. The number of hydrogen-bond donors (Lipinski definition) is 5. The maximum absolute atomic E-state index is 13.9. The number of aliphatic hydroxyl groups excluding tert-OH is 1. The van der Waals surface area contributed by atoms with Gasteiger partial charge in [-0.25, -0.2) is 0 Å². The number of aromatic hydroxyl groups is 2. The van der Waals surface area contributed by atoms with Crippen molar-refractivity contribution in [2.45, 2.75) is 74.7 Å². The third-order valence-corrected chi connectivity index (χ3v) is 11.7. The zero-order chi connectivity index (χ0) is 36.1. The van der Waals surface area contributed by atoms with Crippen LogP contribution in [-0.4, -0.2) is 103 Å². The average molecular weight is 755 g/mol. The van der Waals surface area contributed by atoms with Gasteiger partial charge < -0.3 is 4.74 Å². The molecule has 1 heterocycles. The number of methoxy groups -OCH3 is 2. The van der Waals surface area contributed by atoms with Crippen molar-refractivity contribution in [3.63, 3.8) is 0 Å². The van der Waals surface area contributed by atoms with Crippen LogP contribution in [0.5, 0.6) is 23.0 Å². The molecule has 2 aliphatic carbocycles. The number of hydrogen-bond acceptors (Lipinski definition) is 12. The minimum absolute atomic E-state index is 0.0385. The van der Waals surface area contributed by atoms with Crippen molar-refractivity contribution in [1.82, 2.24) is 5.32 Å². The van der Waals surface area contributed by atoms with Gasteiger partial charge in [0.15, 0.2) is 5.78 Å². The fourth-order valence-electron chi connectivity index (χ4n) is 6.84. The summed E-state index contributed by atoms with van der Waals surface area (Å²) in [6.45, 7) is 2.76. The first kappa shape index (κ1) is 35.5. The van der Waals surface area contributed by atoms with Crippen LogP contribution >= 0.6 is 0 Å². The van der Waals surface area contributed by atoms with Gasteiger partial charge in [-0.2, -0.15) is 0 Å². The Morgan fingerprint density at radius 2 is 1.70 bits per heavy atom. The Labute approximate surface area is 293 Å². The minimum atomic E-state index is -2.07. The van der Waals surface area contributed by atoms with Crippen molar-refractivity contribution in [1.29, 1.82) is 0 Å². The van der Waals surface area contributed by atoms with E-state index >= 15 is 0 Å². The molecule has 1 amide bonds. The van der Waals surface area contributed by atoms with Gasteiger partial charge in [0, 0.05) is 5.56 Å². The molecule has 6 rings (SSSR count). The average Bonchev–Trinajstić information content (AvgIpc) is 3.09. The fourth-order valence-corrected chi connectivity index (χ4v) is 8.33. The zero-order valence-electron chi connectivity index (χ0n) is 27.7. The van der Waals surface area contributed by atoms with Crippen molar-refractivity contribution in [3.05, 3.63) is 75.8 Å². The molecule has 264 valence electrons. The van der Waals surface area contributed by atoms with Crippen molar-refractivity contribution in [2.24, 2.45) is 0 Å². The topological polar surface area (TPSA) is 198 Å². The van der Waals surface area contributed by atoms with Crippen molar-refractivity contribution in [2.75, 3.05) is 14.2 Å². The van der Waals surface area contributed by atoms with E-state index in [9.17, 15) is 39.6 Å². The van der Waals surface area contributed by atoms with Crippen LogP contribution in [0.25, 0.3) is 0 Å². The van der Waals surface area contributed by atoms with Crippen molar-refractivity contribution >= 4 is 42.7 Å². The normalized spacial score (nSPS) is 25.6. The van der Waals surface area contributed by atoms with Gasteiger partial charge in [0.1, 0.15) is 5.75 Å².